The molecule has 1 aromatic rings. The fraction of sp³-hybridized carbons (Fsp3) is 0.688. The molecule has 21 heavy (non-hydrogen) atoms. The first kappa shape index (κ1) is 15.7. The molecule has 0 aliphatic heterocycles. The van der Waals surface area contributed by atoms with E-state index in [-0.39, 0.29) is 27.5 Å². The minimum Gasteiger partial charge on any atom is -0.362 e. The Bertz CT molecular complexity index is 536. The number of pyridine rings is 1. The van der Waals surface area contributed by atoms with Gasteiger partial charge in [-0.25, -0.2) is 4.98 Å². The topological polar surface area (TPSA) is 68.1 Å². The summed E-state index contributed by atoms with van der Waals surface area (Å²) in [6.07, 6.45) is 3.17. The number of rotatable bonds is 3. The number of hydrogen-bond donors (Lipinski definition) is 1. The van der Waals surface area contributed by atoms with E-state index in [4.69, 9.17) is 0 Å². The second-order valence-corrected chi connectivity index (χ2v) is 7.83. The number of nitro groups is 1. The third-order valence-electron chi connectivity index (χ3n) is 4.11. The van der Waals surface area contributed by atoms with E-state index in [0.717, 1.165) is 18.5 Å². The minimum absolute atomic E-state index is 0.0572. The van der Waals surface area contributed by atoms with Gasteiger partial charge in [0.2, 0.25) is 5.82 Å². The van der Waals surface area contributed by atoms with Gasteiger partial charge in [-0.3, -0.25) is 10.1 Å². The standard InChI is InChI=1S/C16H25N3O2/c1-11-6-7-13(19(20)21)14(17-11)18-12-8-15(2,3)10-16(4,5)9-12/h6-7,12H,8-10H2,1-5H3,(H,17,18). The number of aromatic nitrogens is 1. The van der Waals surface area contributed by atoms with Crippen molar-refractivity contribution in [2.45, 2.75) is 59.9 Å². The van der Waals surface area contributed by atoms with Gasteiger partial charge in [0, 0.05) is 17.8 Å². The van der Waals surface area contributed by atoms with Gasteiger partial charge >= 0.3 is 5.69 Å². The molecule has 1 N–H and O–H groups in total. The molecule has 0 aromatic carbocycles. The normalized spacial score (nSPS) is 21.0. The van der Waals surface area contributed by atoms with Gasteiger partial charge in [-0.05, 0) is 43.1 Å². The maximum atomic E-state index is 11.2. The number of nitrogens with one attached hydrogen (secondary N) is 1. The summed E-state index contributed by atoms with van der Waals surface area (Å²) in [6.45, 7) is 10.9. The Morgan fingerprint density at radius 1 is 1.24 bits per heavy atom. The van der Waals surface area contributed by atoms with E-state index in [1.54, 1.807) is 6.07 Å². The first-order valence-electron chi connectivity index (χ1n) is 7.47. The quantitative estimate of drug-likeness (QED) is 0.665. The van der Waals surface area contributed by atoms with Crippen LogP contribution >= 0.6 is 0 Å². The molecule has 1 heterocycles. The van der Waals surface area contributed by atoms with E-state index in [2.05, 4.69) is 38.0 Å². The lowest BCUT2D eigenvalue weighted by atomic mass is 9.63. The Balaban J connectivity index is 2.25. The Labute approximate surface area is 126 Å². The molecule has 0 bridgehead atoms. The second kappa shape index (κ2) is 5.28. The van der Waals surface area contributed by atoms with Crippen LogP contribution in [0.25, 0.3) is 0 Å². The van der Waals surface area contributed by atoms with Gasteiger partial charge in [-0.1, -0.05) is 27.7 Å². The van der Waals surface area contributed by atoms with E-state index in [1.165, 1.54) is 12.5 Å². The van der Waals surface area contributed by atoms with Gasteiger partial charge in [0.25, 0.3) is 0 Å². The summed E-state index contributed by atoms with van der Waals surface area (Å²) in [6, 6.07) is 3.43. The number of hydrogen-bond acceptors (Lipinski definition) is 4. The summed E-state index contributed by atoms with van der Waals surface area (Å²) in [5.74, 6) is 0.401. The predicted molar refractivity (Wildman–Crippen MR) is 84.5 cm³/mol. The maximum Gasteiger partial charge on any atom is 0.311 e. The Morgan fingerprint density at radius 2 is 1.81 bits per heavy atom. The van der Waals surface area contributed by atoms with Gasteiger partial charge in [-0.15, -0.1) is 0 Å². The van der Waals surface area contributed by atoms with Crippen LogP contribution in [0.4, 0.5) is 11.5 Å². The molecular weight excluding hydrogens is 266 g/mol. The van der Waals surface area contributed by atoms with Crippen molar-refractivity contribution in [3.63, 3.8) is 0 Å². The van der Waals surface area contributed by atoms with Crippen LogP contribution in [-0.4, -0.2) is 15.9 Å². The van der Waals surface area contributed by atoms with Gasteiger partial charge in [0.05, 0.1) is 4.92 Å². The summed E-state index contributed by atoms with van der Waals surface area (Å²) in [4.78, 5) is 15.1. The zero-order valence-corrected chi connectivity index (χ0v) is 13.6. The van der Waals surface area contributed by atoms with Crippen LogP contribution in [0.1, 0.15) is 52.7 Å². The molecule has 1 fully saturated rings. The first-order chi connectivity index (χ1) is 9.58. The highest BCUT2D eigenvalue weighted by molar-refractivity contribution is 5.56. The molecule has 1 aromatic heterocycles. The lowest BCUT2D eigenvalue weighted by molar-refractivity contribution is -0.384. The second-order valence-electron chi connectivity index (χ2n) is 7.83. The van der Waals surface area contributed by atoms with E-state index in [1.807, 2.05) is 6.92 Å². The van der Waals surface area contributed by atoms with Crippen LogP contribution in [0.2, 0.25) is 0 Å². The van der Waals surface area contributed by atoms with Crippen molar-refractivity contribution in [1.82, 2.24) is 4.98 Å². The third-order valence-corrected chi connectivity index (χ3v) is 4.11. The van der Waals surface area contributed by atoms with Gasteiger partial charge in [0.1, 0.15) is 0 Å². The highest BCUT2D eigenvalue weighted by atomic mass is 16.6. The van der Waals surface area contributed by atoms with Crippen molar-refractivity contribution in [2.75, 3.05) is 5.32 Å². The smallest absolute Gasteiger partial charge is 0.311 e. The van der Waals surface area contributed by atoms with Crippen molar-refractivity contribution in [1.29, 1.82) is 0 Å². The summed E-state index contributed by atoms with van der Waals surface area (Å²) < 4.78 is 0. The van der Waals surface area contributed by atoms with Crippen molar-refractivity contribution >= 4 is 11.5 Å². The molecule has 1 aliphatic carbocycles. The molecule has 0 spiro atoms. The molecule has 0 saturated heterocycles. The maximum absolute atomic E-state index is 11.2. The Hall–Kier alpha value is -1.65. The fourth-order valence-corrected chi connectivity index (χ4v) is 3.94. The SMILES string of the molecule is Cc1ccc([N+](=O)[O-])c(NC2CC(C)(C)CC(C)(C)C2)n1. The van der Waals surface area contributed by atoms with Crippen molar-refractivity contribution in [3.05, 3.63) is 27.9 Å². The van der Waals surface area contributed by atoms with E-state index in [0.29, 0.717) is 5.82 Å². The zero-order chi connectivity index (χ0) is 15.8. The predicted octanol–water partition coefficient (Wildman–Crippen LogP) is 4.32. The first-order valence-corrected chi connectivity index (χ1v) is 7.47. The van der Waals surface area contributed by atoms with Crippen molar-refractivity contribution < 1.29 is 4.92 Å². The summed E-state index contributed by atoms with van der Waals surface area (Å²) in [7, 11) is 0. The van der Waals surface area contributed by atoms with Crippen LogP contribution in [0.15, 0.2) is 12.1 Å². The number of aryl methyl sites for hydroxylation is 1. The molecule has 2 rings (SSSR count). The summed E-state index contributed by atoms with van der Waals surface area (Å²) >= 11 is 0. The lowest BCUT2D eigenvalue weighted by Gasteiger charge is -2.45. The average Bonchev–Trinajstić information content (AvgIpc) is 2.23. The van der Waals surface area contributed by atoms with Gasteiger partial charge < -0.3 is 5.32 Å². The largest absolute Gasteiger partial charge is 0.362 e. The molecular formula is C16H25N3O2. The van der Waals surface area contributed by atoms with Crippen LogP contribution < -0.4 is 5.32 Å². The van der Waals surface area contributed by atoms with Crippen molar-refractivity contribution in [2.24, 2.45) is 10.8 Å². The molecule has 0 unspecified atom stereocenters. The molecule has 5 nitrogen and oxygen atoms in total. The van der Waals surface area contributed by atoms with E-state index in [9.17, 15) is 10.1 Å². The monoisotopic (exact) mass is 291 g/mol. The van der Waals surface area contributed by atoms with Gasteiger partial charge in [0.15, 0.2) is 0 Å². The third kappa shape index (κ3) is 3.93. The van der Waals surface area contributed by atoms with Crippen molar-refractivity contribution in [3.8, 4) is 0 Å². The highest BCUT2D eigenvalue weighted by Gasteiger charge is 2.39. The molecule has 0 amide bonds. The minimum atomic E-state index is -0.367. The number of nitrogens with zero attached hydrogens (tertiary/aromatic N) is 2. The van der Waals surface area contributed by atoms with E-state index < -0.39 is 0 Å². The van der Waals surface area contributed by atoms with Gasteiger partial charge in [-0.2, -0.15) is 0 Å². The van der Waals surface area contributed by atoms with E-state index >= 15 is 0 Å². The molecule has 5 heteroatoms. The van der Waals surface area contributed by atoms with Crippen LogP contribution in [0.3, 0.4) is 0 Å². The highest BCUT2D eigenvalue weighted by Crippen LogP contribution is 2.46. The van der Waals surface area contributed by atoms with Crippen LogP contribution in [0.5, 0.6) is 0 Å². The molecule has 116 valence electrons. The fourth-order valence-electron chi connectivity index (χ4n) is 3.94. The number of anilines is 1. The van der Waals surface area contributed by atoms with Crippen LogP contribution in [0, 0.1) is 27.9 Å². The Kier molecular flexibility index (Phi) is 3.95. The van der Waals surface area contributed by atoms with Crippen LogP contribution in [-0.2, 0) is 0 Å². The molecule has 0 radical (unpaired) electrons. The zero-order valence-electron chi connectivity index (χ0n) is 13.6. The Morgan fingerprint density at radius 3 is 2.33 bits per heavy atom. The average molecular weight is 291 g/mol. The lowest BCUT2D eigenvalue weighted by Crippen LogP contribution is -2.40. The molecule has 0 atom stereocenters. The molecule has 1 saturated carbocycles. The molecule has 1 aliphatic rings. The summed E-state index contributed by atoms with van der Waals surface area (Å²) in [5.41, 5.74) is 1.31. The summed E-state index contributed by atoms with van der Waals surface area (Å²) in [5, 5.41) is 14.5.